The molecule has 0 saturated carbocycles. The van der Waals surface area contributed by atoms with Gasteiger partial charge in [-0.3, -0.25) is 0 Å². The van der Waals surface area contributed by atoms with Crippen LogP contribution in [0.4, 0.5) is 0 Å². The number of hydrogen-bond acceptors (Lipinski definition) is 3. The van der Waals surface area contributed by atoms with E-state index in [2.05, 4.69) is 21.9 Å². The van der Waals surface area contributed by atoms with Gasteiger partial charge in [-0.05, 0) is 37.6 Å². The third kappa shape index (κ3) is 4.24. The monoisotopic (exact) mass is 303 g/mol. The van der Waals surface area contributed by atoms with E-state index in [-0.39, 0.29) is 0 Å². The van der Waals surface area contributed by atoms with Crippen molar-refractivity contribution >= 4 is 11.6 Å². The van der Waals surface area contributed by atoms with Gasteiger partial charge in [0.1, 0.15) is 18.7 Å². The van der Waals surface area contributed by atoms with E-state index in [4.69, 9.17) is 16.3 Å². The highest BCUT2D eigenvalue weighted by atomic mass is 35.5. The van der Waals surface area contributed by atoms with E-state index in [1.165, 1.54) is 0 Å². The molecule has 5 heteroatoms. The molecule has 0 amide bonds. The van der Waals surface area contributed by atoms with Gasteiger partial charge in [-0.25, -0.2) is 9.67 Å². The lowest BCUT2D eigenvalue weighted by molar-refractivity contribution is 0.287. The summed E-state index contributed by atoms with van der Waals surface area (Å²) in [5.74, 6) is 8.34. The zero-order valence-electron chi connectivity index (χ0n) is 12.3. The highest BCUT2D eigenvalue weighted by molar-refractivity contribution is 6.18. The van der Waals surface area contributed by atoms with Crippen molar-refractivity contribution in [1.82, 2.24) is 14.8 Å². The van der Waals surface area contributed by atoms with Crippen LogP contribution in [0.5, 0.6) is 5.75 Å². The molecule has 0 bridgehead atoms. The molecule has 0 saturated heterocycles. The van der Waals surface area contributed by atoms with Crippen molar-refractivity contribution in [3.63, 3.8) is 0 Å². The molecule has 2 aromatic rings. The molecule has 0 aliphatic heterocycles. The first-order valence-corrected chi connectivity index (χ1v) is 7.43. The topological polar surface area (TPSA) is 39.9 Å². The number of aryl methyl sites for hydroxylation is 2. The summed E-state index contributed by atoms with van der Waals surface area (Å²) >= 11 is 5.61. The maximum atomic E-state index is 5.76. The van der Waals surface area contributed by atoms with E-state index < -0.39 is 0 Å². The zero-order valence-corrected chi connectivity index (χ0v) is 13.0. The SMILES string of the molecule is CCn1ncnc1COc1ccc(C#CCCCl)c(C)c1. The van der Waals surface area contributed by atoms with Gasteiger partial charge >= 0.3 is 0 Å². The maximum Gasteiger partial charge on any atom is 0.164 e. The van der Waals surface area contributed by atoms with Crippen molar-refractivity contribution in [2.24, 2.45) is 0 Å². The molecule has 21 heavy (non-hydrogen) atoms. The molecule has 0 aliphatic carbocycles. The number of rotatable bonds is 5. The van der Waals surface area contributed by atoms with E-state index in [0.29, 0.717) is 18.9 Å². The van der Waals surface area contributed by atoms with Crippen molar-refractivity contribution in [1.29, 1.82) is 0 Å². The third-order valence-corrected chi connectivity index (χ3v) is 3.19. The van der Waals surface area contributed by atoms with Gasteiger partial charge in [0.2, 0.25) is 0 Å². The van der Waals surface area contributed by atoms with Crippen LogP contribution < -0.4 is 4.74 Å². The Kier molecular flexibility index (Phi) is 5.65. The number of halogens is 1. The van der Waals surface area contributed by atoms with Gasteiger partial charge in [-0.1, -0.05) is 11.8 Å². The average Bonchev–Trinajstić information content (AvgIpc) is 2.95. The summed E-state index contributed by atoms with van der Waals surface area (Å²) in [6.07, 6.45) is 2.24. The Morgan fingerprint density at radius 2 is 2.24 bits per heavy atom. The van der Waals surface area contributed by atoms with Gasteiger partial charge < -0.3 is 4.74 Å². The lowest BCUT2D eigenvalue weighted by atomic mass is 10.1. The van der Waals surface area contributed by atoms with Crippen molar-refractivity contribution in [3.05, 3.63) is 41.5 Å². The van der Waals surface area contributed by atoms with Crippen LogP contribution in [0.25, 0.3) is 0 Å². The second-order valence-electron chi connectivity index (χ2n) is 4.50. The van der Waals surface area contributed by atoms with Gasteiger partial charge in [0.05, 0.1) is 0 Å². The van der Waals surface area contributed by atoms with E-state index in [9.17, 15) is 0 Å². The Hall–Kier alpha value is -1.99. The Morgan fingerprint density at radius 1 is 1.38 bits per heavy atom. The summed E-state index contributed by atoms with van der Waals surface area (Å²) < 4.78 is 7.58. The predicted octanol–water partition coefficient (Wildman–Crippen LogP) is 3.17. The molecule has 1 aromatic carbocycles. The lowest BCUT2D eigenvalue weighted by Gasteiger charge is -2.08. The molecule has 4 nitrogen and oxygen atoms in total. The maximum absolute atomic E-state index is 5.76. The minimum absolute atomic E-state index is 0.407. The van der Waals surface area contributed by atoms with E-state index >= 15 is 0 Å². The lowest BCUT2D eigenvalue weighted by Crippen LogP contribution is -2.07. The van der Waals surface area contributed by atoms with Crippen LogP contribution in [-0.2, 0) is 13.2 Å². The van der Waals surface area contributed by atoms with Crippen molar-refractivity contribution in [3.8, 4) is 17.6 Å². The van der Waals surface area contributed by atoms with Crippen LogP contribution in [0, 0.1) is 18.8 Å². The first-order valence-electron chi connectivity index (χ1n) is 6.89. The van der Waals surface area contributed by atoms with Crippen LogP contribution in [-0.4, -0.2) is 20.6 Å². The highest BCUT2D eigenvalue weighted by Gasteiger charge is 2.04. The van der Waals surface area contributed by atoms with Crippen LogP contribution in [0.1, 0.15) is 30.3 Å². The number of ether oxygens (including phenoxy) is 1. The fourth-order valence-electron chi connectivity index (χ4n) is 1.88. The fraction of sp³-hybridized carbons (Fsp3) is 0.375. The number of alkyl halides is 1. The molecular formula is C16H18ClN3O. The van der Waals surface area contributed by atoms with Gasteiger partial charge in [0, 0.05) is 24.4 Å². The highest BCUT2D eigenvalue weighted by Crippen LogP contribution is 2.17. The molecule has 0 N–H and O–H groups in total. The molecule has 2 rings (SSSR count). The molecule has 0 radical (unpaired) electrons. The Balaban J connectivity index is 2.02. The van der Waals surface area contributed by atoms with Crippen LogP contribution in [0.15, 0.2) is 24.5 Å². The Labute approximate surface area is 130 Å². The molecule has 0 atom stereocenters. The fourth-order valence-corrected chi connectivity index (χ4v) is 1.98. The molecule has 1 aromatic heterocycles. The number of aromatic nitrogens is 3. The molecule has 0 aliphatic rings. The van der Waals surface area contributed by atoms with E-state index in [0.717, 1.165) is 29.2 Å². The van der Waals surface area contributed by atoms with E-state index in [1.54, 1.807) is 6.33 Å². The van der Waals surface area contributed by atoms with Crippen molar-refractivity contribution in [2.75, 3.05) is 5.88 Å². The van der Waals surface area contributed by atoms with Gasteiger partial charge in [0.15, 0.2) is 5.82 Å². The smallest absolute Gasteiger partial charge is 0.164 e. The number of nitrogens with zero attached hydrogens (tertiary/aromatic N) is 3. The minimum Gasteiger partial charge on any atom is -0.486 e. The molecule has 0 fully saturated rings. The van der Waals surface area contributed by atoms with Crippen LogP contribution in [0.2, 0.25) is 0 Å². The Morgan fingerprint density at radius 3 is 2.95 bits per heavy atom. The number of hydrogen-bond donors (Lipinski definition) is 0. The number of benzene rings is 1. The van der Waals surface area contributed by atoms with Gasteiger partial charge in [-0.2, -0.15) is 5.10 Å². The summed E-state index contributed by atoms with van der Waals surface area (Å²) in [6.45, 7) is 5.24. The van der Waals surface area contributed by atoms with E-state index in [1.807, 2.05) is 36.7 Å². The zero-order chi connectivity index (χ0) is 15.1. The predicted molar refractivity (Wildman–Crippen MR) is 83.4 cm³/mol. The molecule has 0 spiro atoms. The first kappa shape index (κ1) is 15.4. The summed E-state index contributed by atoms with van der Waals surface area (Å²) in [4.78, 5) is 4.18. The van der Waals surface area contributed by atoms with Gasteiger partial charge in [-0.15, -0.1) is 11.6 Å². The molecule has 0 unspecified atom stereocenters. The van der Waals surface area contributed by atoms with Gasteiger partial charge in [0.25, 0.3) is 0 Å². The largest absolute Gasteiger partial charge is 0.486 e. The standard InChI is InChI=1S/C16H18ClN3O/c1-3-20-16(18-12-19-20)11-21-15-8-7-14(13(2)10-15)6-4-5-9-17/h7-8,10,12H,3,5,9,11H2,1-2H3. The molecule has 110 valence electrons. The first-order chi connectivity index (χ1) is 10.2. The average molecular weight is 304 g/mol. The van der Waals surface area contributed by atoms with Crippen LogP contribution >= 0.6 is 11.6 Å². The van der Waals surface area contributed by atoms with Crippen molar-refractivity contribution < 1.29 is 4.74 Å². The summed E-state index contributed by atoms with van der Waals surface area (Å²) in [6, 6.07) is 5.87. The van der Waals surface area contributed by atoms with Crippen LogP contribution in [0.3, 0.4) is 0 Å². The third-order valence-electron chi connectivity index (χ3n) is 3.00. The summed E-state index contributed by atoms with van der Waals surface area (Å²) in [5, 5.41) is 4.12. The molecular weight excluding hydrogens is 286 g/mol. The minimum atomic E-state index is 0.407. The molecule has 1 heterocycles. The Bertz CT molecular complexity index is 655. The second kappa shape index (κ2) is 7.70. The summed E-state index contributed by atoms with van der Waals surface area (Å²) in [5.41, 5.74) is 2.09. The van der Waals surface area contributed by atoms with Crippen molar-refractivity contribution in [2.45, 2.75) is 33.4 Å². The summed E-state index contributed by atoms with van der Waals surface area (Å²) in [7, 11) is 0. The normalized spacial score (nSPS) is 10.0. The quantitative estimate of drug-likeness (QED) is 0.629. The second-order valence-corrected chi connectivity index (χ2v) is 4.88.